The summed E-state index contributed by atoms with van der Waals surface area (Å²) >= 11 is 6.12. The Kier molecular flexibility index (Phi) is 11.2. The van der Waals surface area contributed by atoms with Gasteiger partial charge in [0.15, 0.2) is 17.3 Å². The maximum atomic E-state index is 14.6. The summed E-state index contributed by atoms with van der Waals surface area (Å²) in [6.07, 6.45) is 1.59. The Labute approximate surface area is 293 Å². The van der Waals surface area contributed by atoms with Gasteiger partial charge in [-0.05, 0) is 49.9 Å². The molecule has 21 heteroatoms. The van der Waals surface area contributed by atoms with Crippen molar-refractivity contribution in [2.75, 3.05) is 32.7 Å². The molecule has 1 unspecified atom stereocenters. The van der Waals surface area contributed by atoms with Crippen molar-refractivity contribution in [3.05, 3.63) is 51.5 Å². The van der Waals surface area contributed by atoms with Crippen molar-refractivity contribution in [3.8, 4) is 17.2 Å². The first-order chi connectivity index (χ1) is 24.2. The SMILES string of the molecule is O=C(O)c1c(F)ccc2c1OB(O)[C@@H](NC(=O)C(NC(=O)N1CCN(CCCNC(=O)[C@@H]3CCCN3)C(=O)C1=O)c1cc(F)c(O)c(O)c1Cl)C2. The van der Waals surface area contributed by atoms with Crippen LogP contribution in [-0.2, 0) is 25.6 Å². The van der Waals surface area contributed by atoms with Gasteiger partial charge in [0.1, 0.15) is 23.2 Å². The lowest BCUT2D eigenvalue weighted by atomic mass is 9.72. The highest BCUT2D eigenvalue weighted by molar-refractivity contribution is 6.47. The highest BCUT2D eigenvalue weighted by Gasteiger charge is 2.42. The summed E-state index contributed by atoms with van der Waals surface area (Å²) in [5, 5.41) is 49.5. The minimum atomic E-state index is -2.04. The zero-order valence-electron chi connectivity index (χ0n) is 26.6. The number of rotatable bonds is 10. The first kappa shape index (κ1) is 37.1. The number of carbonyl (C=O) groups excluding carboxylic acids is 5. The third-order valence-electron chi connectivity index (χ3n) is 8.62. The Morgan fingerprint density at radius 1 is 1.10 bits per heavy atom. The number of aromatic hydroxyl groups is 2. The average molecular weight is 737 g/mol. The largest absolute Gasteiger partial charge is 0.547 e. The Bertz CT molecular complexity index is 1780. The van der Waals surface area contributed by atoms with E-state index in [4.69, 9.17) is 16.3 Å². The fourth-order valence-electron chi connectivity index (χ4n) is 5.94. The molecule has 3 aliphatic heterocycles. The fraction of sp³-hybridized carbons (Fsp3) is 0.400. The zero-order chi connectivity index (χ0) is 37.1. The average Bonchev–Trinajstić information content (AvgIpc) is 3.64. The molecule has 17 nitrogen and oxygen atoms in total. The van der Waals surface area contributed by atoms with Crippen molar-refractivity contribution < 1.29 is 62.5 Å². The van der Waals surface area contributed by atoms with Crippen LogP contribution in [0.15, 0.2) is 18.2 Å². The second-order valence-corrected chi connectivity index (χ2v) is 12.3. The zero-order valence-corrected chi connectivity index (χ0v) is 27.3. The van der Waals surface area contributed by atoms with E-state index < -0.39 is 93.9 Å². The summed E-state index contributed by atoms with van der Waals surface area (Å²) in [6, 6.07) is -1.09. The predicted octanol–water partition coefficient (Wildman–Crippen LogP) is -0.453. The van der Waals surface area contributed by atoms with Crippen molar-refractivity contribution in [2.24, 2.45) is 0 Å². The molecule has 0 aliphatic carbocycles. The maximum absolute atomic E-state index is 14.6. The molecule has 0 spiro atoms. The number of phenolic OH excluding ortho intramolecular Hbond substituents is 2. The molecule has 8 N–H and O–H groups in total. The van der Waals surface area contributed by atoms with E-state index in [2.05, 4.69) is 21.3 Å². The number of amides is 6. The molecule has 5 rings (SSSR count). The van der Waals surface area contributed by atoms with Gasteiger partial charge in [-0.2, -0.15) is 0 Å². The molecule has 3 heterocycles. The molecule has 3 aliphatic rings. The number of aromatic carboxylic acids is 1. The number of nitrogens with one attached hydrogen (secondary N) is 4. The van der Waals surface area contributed by atoms with Gasteiger partial charge in [-0.15, -0.1) is 0 Å². The topological polar surface area (TPSA) is 247 Å². The van der Waals surface area contributed by atoms with Gasteiger partial charge in [0.2, 0.25) is 11.8 Å². The number of imide groups is 1. The fourth-order valence-corrected chi connectivity index (χ4v) is 6.19. The Morgan fingerprint density at radius 2 is 1.84 bits per heavy atom. The molecule has 0 bridgehead atoms. The molecule has 0 aromatic heterocycles. The molecule has 2 aromatic rings. The van der Waals surface area contributed by atoms with E-state index in [-0.39, 0.29) is 50.1 Å². The minimum Gasteiger partial charge on any atom is -0.534 e. The van der Waals surface area contributed by atoms with Gasteiger partial charge in [0.25, 0.3) is 0 Å². The standard InChI is InChI=1S/C30H32BClF2N6O11/c32-20-14(12-16(34)22(41)23(20)42)21(26(44)37-18-11-13-4-5-15(33)19(29(47)48)24(13)51-31(18)50)38-30(49)40-10-9-39(27(45)28(40)46)8-2-7-36-25(43)17-3-1-6-35-17/h4-5,12,17-18,21,35,41-42,50H,1-3,6-11H2,(H,36,43)(H,37,44)(H,38,49)(H,47,48)/t17-,18-,21?/m0/s1. The first-order valence-corrected chi connectivity index (χ1v) is 16.1. The highest BCUT2D eigenvalue weighted by Crippen LogP contribution is 2.40. The molecule has 51 heavy (non-hydrogen) atoms. The van der Waals surface area contributed by atoms with Gasteiger partial charge in [0, 0.05) is 31.7 Å². The molecule has 2 saturated heterocycles. The summed E-state index contributed by atoms with van der Waals surface area (Å²) in [4.78, 5) is 78.4. The normalized spacial score (nSPS) is 19.3. The molecule has 0 radical (unpaired) electrons. The van der Waals surface area contributed by atoms with Crippen molar-refractivity contribution >= 4 is 54.3 Å². The van der Waals surface area contributed by atoms with Gasteiger partial charge < -0.3 is 51.2 Å². The summed E-state index contributed by atoms with van der Waals surface area (Å²) in [5.41, 5.74) is -1.39. The second kappa shape index (κ2) is 15.4. The van der Waals surface area contributed by atoms with Crippen LogP contribution in [0.4, 0.5) is 13.6 Å². The summed E-state index contributed by atoms with van der Waals surface area (Å²) in [6.45, 7) is 0.622. The molecule has 2 aromatic carbocycles. The lowest BCUT2D eigenvalue weighted by Gasteiger charge is -2.34. The van der Waals surface area contributed by atoms with E-state index in [1.54, 1.807) is 0 Å². The first-order valence-electron chi connectivity index (χ1n) is 15.7. The van der Waals surface area contributed by atoms with E-state index >= 15 is 0 Å². The van der Waals surface area contributed by atoms with Gasteiger partial charge in [-0.3, -0.25) is 24.1 Å². The summed E-state index contributed by atoms with van der Waals surface area (Å²) in [7, 11) is -1.96. The number of fused-ring (bicyclic) bond motifs is 1. The van der Waals surface area contributed by atoms with Gasteiger partial charge in [0.05, 0.1) is 17.0 Å². The number of phenols is 2. The van der Waals surface area contributed by atoms with E-state index in [1.807, 2.05) is 0 Å². The van der Waals surface area contributed by atoms with E-state index in [0.717, 1.165) is 25.1 Å². The number of carbonyl (C=O) groups is 6. The van der Waals surface area contributed by atoms with Crippen molar-refractivity contribution in [3.63, 3.8) is 0 Å². The van der Waals surface area contributed by atoms with Gasteiger partial charge in [-0.1, -0.05) is 17.7 Å². The number of hydrogen-bond donors (Lipinski definition) is 8. The van der Waals surface area contributed by atoms with Crippen LogP contribution in [0.3, 0.4) is 0 Å². The number of halogens is 3. The monoisotopic (exact) mass is 736 g/mol. The molecule has 0 saturated carbocycles. The number of urea groups is 1. The number of hydrogen-bond acceptors (Lipinski definition) is 11. The van der Waals surface area contributed by atoms with Crippen LogP contribution in [0.5, 0.6) is 17.2 Å². The lowest BCUT2D eigenvalue weighted by molar-refractivity contribution is -0.153. The number of benzene rings is 2. The van der Waals surface area contributed by atoms with E-state index in [9.17, 15) is 57.9 Å². The van der Waals surface area contributed by atoms with Crippen molar-refractivity contribution in [2.45, 2.75) is 43.7 Å². The molecule has 3 atom stereocenters. The smallest absolute Gasteiger partial charge is 0.534 e. The Morgan fingerprint density at radius 3 is 2.53 bits per heavy atom. The van der Waals surface area contributed by atoms with Crippen LogP contribution in [0.25, 0.3) is 0 Å². The van der Waals surface area contributed by atoms with E-state index in [0.29, 0.717) is 23.8 Å². The molecule has 6 amide bonds. The van der Waals surface area contributed by atoms with Crippen molar-refractivity contribution in [1.82, 2.24) is 31.1 Å². The summed E-state index contributed by atoms with van der Waals surface area (Å²) < 4.78 is 34.0. The Hall–Kier alpha value is -5.21. The van der Waals surface area contributed by atoms with Crippen LogP contribution in [0.2, 0.25) is 5.02 Å². The van der Waals surface area contributed by atoms with Crippen LogP contribution in [0.1, 0.15) is 46.8 Å². The number of piperazine rings is 1. The Balaban J connectivity index is 1.29. The quantitative estimate of drug-likeness (QED) is 0.0669. The third-order valence-corrected chi connectivity index (χ3v) is 9.02. The maximum Gasteiger partial charge on any atom is 0.547 e. The summed E-state index contributed by atoms with van der Waals surface area (Å²) in [5.74, 6) is -12.3. The number of carboxylic acids is 1. The van der Waals surface area contributed by atoms with Gasteiger partial charge in [-0.25, -0.2) is 18.4 Å². The molecular weight excluding hydrogens is 705 g/mol. The van der Waals surface area contributed by atoms with Crippen LogP contribution >= 0.6 is 11.6 Å². The minimum absolute atomic E-state index is 0.0755. The van der Waals surface area contributed by atoms with Crippen LogP contribution in [0, 0.1) is 11.6 Å². The van der Waals surface area contributed by atoms with Crippen molar-refractivity contribution in [1.29, 1.82) is 0 Å². The van der Waals surface area contributed by atoms with E-state index in [1.165, 1.54) is 4.90 Å². The number of carboxylic acid groups (broad SMARTS) is 1. The van der Waals surface area contributed by atoms with Crippen LogP contribution in [-0.4, -0.2) is 118 Å². The molecular formula is C30H32BClF2N6O11. The van der Waals surface area contributed by atoms with Crippen LogP contribution < -0.4 is 25.9 Å². The highest BCUT2D eigenvalue weighted by atomic mass is 35.5. The second-order valence-electron chi connectivity index (χ2n) is 11.9. The number of nitrogens with zero attached hydrogens (tertiary/aromatic N) is 2. The lowest BCUT2D eigenvalue weighted by Crippen LogP contribution is -2.60. The molecule has 2 fully saturated rings. The predicted molar refractivity (Wildman–Crippen MR) is 171 cm³/mol. The third kappa shape index (κ3) is 7.76. The molecule has 272 valence electrons. The van der Waals surface area contributed by atoms with Gasteiger partial charge >= 0.3 is 30.9 Å².